The number of carbonyl (C=O) groups is 4. The molecule has 0 saturated carbocycles. The van der Waals surface area contributed by atoms with Crippen LogP contribution >= 0.6 is 12.6 Å². The van der Waals surface area contributed by atoms with Gasteiger partial charge in [-0.2, -0.15) is 12.6 Å². The zero-order valence-electron chi connectivity index (χ0n) is 20.3. The van der Waals surface area contributed by atoms with Crippen molar-refractivity contribution < 1.29 is 24.3 Å². The molecule has 4 unspecified atom stereocenters. The molecule has 2 aromatic heterocycles. The van der Waals surface area contributed by atoms with Crippen LogP contribution in [0.15, 0.2) is 55.4 Å². The predicted molar refractivity (Wildman–Crippen MR) is 140 cm³/mol. The molecule has 3 amide bonds. The van der Waals surface area contributed by atoms with Gasteiger partial charge in [0.2, 0.25) is 17.7 Å². The van der Waals surface area contributed by atoms with Gasteiger partial charge >= 0.3 is 5.97 Å². The monoisotopic (exact) mass is 542 g/mol. The smallest absolute Gasteiger partial charge is 0.326 e. The molecule has 8 N–H and O–H groups in total. The van der Waals surface area contributed by atoms with Gasteiger partial charge in [-0.05, 0) is 5.56 Å². The summed E-state index contributed by atoms with van der Waals surface area (Å²) in [5, 5.41) is 17.5. The maximum absolute atomic E-state index is 13.3. The van der Waals surface area contributed by atoms with Gasteiger partial charge in [-0.3, -0.25) is 14.4 Å². The topological polar surface area (TPSA) is 208 Å². The number of benzene rings is 1. The molecule has 14 heteroatoms. The molecule has 2 heterocycles. The molecular formula is C24H30N8O5S. The van der Waals surface area contributed by atoms with Crippen LogP contribution in [0.1, 0.15) is 17.0 Å². The minimum Gasteiger partial charge on any atom is -0.480 e. The van der Waals surface area contributed by atoms with Crippen LogP contribution < -0.4 is 21.7 Å². The minimum absolute atomic E-state index is 0.00384. The maximum Gasteiger partial charge on any atom is 0.326 e. The molecule has 0 aliphatic heterocycles. The molecule has 0 radical (unpaired) electrons. The second-order valence-corrected chi connectivity index (χ2v) is 8.93. The summed E-state index contributed by atoms with van der Waals surface area (Å²) >= 11 is 4.02. The van der Waals surface area contributed by atoms with E-state index in [1.165, 1.54) is 25.0 Å². The number of aromatic nitrogens is 4. The molecule has 3 rings (SSSR count). The van der Waals surface area contributed by atoms with Gasteiger partial charge in [0.15, 0.2) is 0 Å². The van der Waals surface area contributed by atoms with E-state index < -0.39 is 47.9 Å². The highest BCUT2D eigenvalue weighted by Gasteiger charge is 2.31. The molecule has 38 heavy (non-hydrogen) atoms. The number of aliphatic carboxylic acids is 1. The van der Waals surface area contributed by atoms with Crippen molar-refractivity contribution in [3.05, 3.63) is 72.3 Å². The van der Waals surface area contributed by atoms with E-state index in [1.807, 2.05) is 0 Å². The predicted octanol–water partition coefficient (Wildman–Crippen LogP) is -1.04. The second kappa shape index (κ2) is 13.9. The van der Waals surface area contributed by atoms with Crippen molar-refractivity contribution in [2.45, 2.75) is 43.4 Å². The normalized spacial score (nSPS) is 14.1. The number of aromatic amines is 2. The Morgan fingerprint density at radius 1 is 0.816 bits per heavy atom. The summed E-state index contributed by atoms with van der Waals surface area (Å²) in [5.41, 5.74) is 7.57. The van der Waals surface area contributed by atoms with Crippen LogP contribution in [0.25, 0.3) is 0 Å². The van der Waals surface area contributed by atoms with Gasteiger partial charge in [0.1, 0.15) is 18.1 Å². The fraction of sp³-hybridized carbons (Fsp3) is 0.333. The number of thiol groups is 1. The molecule has 0 aliphatic rings. The highest BCUT2D eigenvalue weighted by molar-refractivity contribution is 7.80. The average Bonchev–Trinajstić information content (AvgIpc) is 3.62. The van der Waals surface area contributed by atoms with Crippen LogP contribution in [0, 0.1) is 0 Å². The van der Waals surface area contributed by atoms with E-state index in [9.17, 15) is 24.3 Å². The number of carbonyl (C=O) groups excluding carboxylic acids is 3. The summed E-state index contributed by atoms with van der Waals surface area (Å²) in [4.78, 5) is 64.5. The quantitative estimate of drug-likeness (QED) is 0.118. The molecule has 202 valence electrons. The third-order valence-corrected chi connectivity index (χ3v) is 6.05. The van der Waals surface area contributed by atoms with Crippen molar-refractivity contribution in [2.75, 3.05) is 5.75 Å². The number of H-pyrrole nitrogens is 2. The van der Waals surface area contributed by atoms with Crippen LogP contribution in [0.2, 0.25) is 0 Å². The van der Waals surface area contributed by atoms with E-state index in [2.05, 4.69) is 48.5 Å². The molecule has 0 fully saturated rings. The zero-order valence-corrected chi connectivity index (χ0v) is 21.2. The van der Waals surface area contributed by atoms with Crippen LogP contribution in [0.4, 0.5) is 0 Å². The first kappa shape index (κ1) is 28.4. The molecule has 13 nitrogen and oxygen atoms in total. The number of hydrogen-bond acceptors (Lipinski definition) is 8. The summed E-state index contributed by atoms with van der Waals surface area (Å²) in [5.74, 6) is -3.14. The molecular weight excluding hydrogens is 512 g/mol. The summed E-state index contributed by atoms with van der Waals surface area (Å²) in [6.07, 6.45) is 5.92. The standard InChI is InChI=1S/C24H30N8O5S/c25-17(11-38)21(33)30-18(7-15-9-26-12-28-15)22(34)31-19(8-16-10-27-13-29-16)23(35)32-20(24(36)37)6-14-4-2-1-3-5-14/h1-5,9-10,12-13,17-20,38H,6-8,11,25H2,(H,26,28)(H,27,29)(H,30,33)(H,31,34)(H,32,35)(H,36,37). The lowest BCUT2D eigenvalue weighted by molar-refractivity contribution is -0.142. The first-order valence-corrected chi connectivity index (χ1v) is 12.4. The summed E-state index contributed by atoms with van der Waals surface area (Å²) < 4.78 is 0. The number of hydrogen-bond donors (Lipinski definition) is 8. The molecule has 4 atom stereocenters. The number of nitrogens with zero attached hydrogens (tertiary/aromatic N) is 2. The Morgan fingerprint density at radius 2 is 1.32 bits per heavy atom. The van der Waals surface area contributed by atoms with E-state index in [0.717, 1.165) is 5.56 Å². The first-order valence-electron chi connectivity index (χ1n) is 11.8. The van der Waals surface area contributed by atoms with Crippen molar-refractivity contribution >= 4 is 36.3 Å². The van der Waals surface area contributed by atoms with Gasteiger partial charge in [0, 0.05) is 48.8 Å². The van der Waals surface area contributed by atoms with Crippen molar-refractivity contribution in [3.8, 4) is 0 Å². The van der Waals surface area contributed by atoms with Crippen molar-refractivity contribution in [1.82, 2.24) is 35.9 Å². The van der Waals surface area contributed by atoms with Gasteiger partial charge in [-0.1, -0.05) is 30.3 Å². The van der Waals surface area contributed by atoms with Crippen LogP contribution in [-0.2, 0) is 38.4 Å². The Hall–Kier alpha value is -4.17. The Balaban J connectivity index is 1.78. The van der Waals surface area contributed by atoms with E-state index in [-0.39, 0.29) is 25.0 Å². The maximum atomic E-state index is 13.3. The van der Waals surface area contributed by atoms with Gasteiger partial charge in [0.05, 0.1) is 18.7 Å². The van der Waals surface area contributed by atoms with Crippen molar-refractivity contribution in [3.63, 3.8) is 0 Å². The number of carboxylic acids is 1. The van der Waals surface area contributed by atoms with Gasteiger partial charge < -0.3 is 36.8 Å². The third kappa shape index (κ3) is 8.45. The Bertz CT molecular complexity index is 1190. The number of imidazole rings is 2. The molecule has 0 bridgehead atoms. The lowest BCUT2D eigenvalue weighted by Gasteiger charge is -2.25. The Kier molecular flexibility index (Phi) is 10.4. The largest absolute Gasteiger partial charge is 0.480 e. The van der Waals surface area contributed by atoms with Gasteiger partial charge in [0.25, 0.3) is 0 Å². The average molecular weight is 543 g/mol. The second-order valence-electron chi connectivity index (χ2n) is 8.56. The summed E-state index contributed by atoms with van der Waals surface area (Å²) in [6, 6.07) is 4.37. The number of rotatable bonds is 14. The number of amides is 3. The van der Waals surface area contributed by atoms with Crippen LogP contribution in [-0.4, -0.2) is 78.7 Å². The molecule has 1 aromatic carbocycles. The fourth-order valence-electron chi connectivity index (χ4n) is 3.61. The summed E-state index contributed by atoms with van der Waals surface area (Å²) in [7, 11) is 0. The van der Waals surface area contributed by atoms with E-state index in [0.29, 0.717) is 11.4 Å². The van der Waals surface area contributed by atoms with E-state index in [4.69, 9.17) is 5.73 Å². The Labute approximate surface area is 223 Å². The fourth-order valence-corrected chi connectivity index (χ4v) is 3.77. The number of nitrogens with two attached hydrogens (primary N) is 1. The van der Waals surface area contributed by atoms with Crippen molar-refractivity contribution in [1.29, 1.82) is 0 Å². The minimum atomic E-state index is -1.24. The first-order chi connectivity index (χ1) is 18.3. The molecule has 0 aliphatic carbocycles. The van der Waals surface area contributed by atoms with E-state index in [1.54, 1.807) is 30.3 Å². The number of carboxylic acid groups (broad SMARTS) is 1. The lowest BCUT2D eigenvalue weighted by Crippen LogP contribution is -2.58. The van der Waals surface area contributed by atoms with Crippen LogP contribution in [0.3, 0.4) is 0 Å². The third-order valence-electron chi connectivity index (χ3n) is 5.65. The lowest BCUT2D eigenvalue weighted by atomic mass is 10.0. The SMILES string of the molecule is NC(CS)C(=O)NC(Cc1cnc[nH]1)C(=O)NC(Cc1cnc[nH]1)C(=O)NC(Cc1ccccc1)C(=O)O. The molecule has 0 spiro atoms. The van der Waals surface area contributed by atoms with Crippen molar-refractivity contribution in [2.24, 2.45) is 5.73 Å². The zero-order chi connectivity index (χ0) is 27.5. The highest BCUT2D eigenvalue weighted by Crippen LogP contribution is 2.07. The number of nitrogens with one attached hydrogen (secondary N) is 5. The van der Waals surface area contributed by atoms with Crippen LogP contribution in [0.5, 0.6) is 0 Å². The summed E-state index contributed by atoms with van der Waals surface area (Å²) in [6.45, 7) is 0. The van der Waals surface area contributed by atoms with Gasteiger partial charge in [-0.25, -0.2) is 14.8 Å². The molecule has 3 aromatic rings. The van der Waals surface area contributed by atoms with E-state index >= 15 is 0 Å². The molecule has 0 saturated heterocycles. The highest BCUT2D eigenvalue weighted by atomic mass is 32.1. The van der Waals surface area contributed by atoms with Gasteiger partial charge in [-0.15, -0.1) is 0 Å². The Morgan fingerprint density at radius 3 is 1.76 bits per heavy atom.